The van der Waals surface area contributed by atoms with Crippen LogP contribution in [0.2, 0.25) is 0 Å². The van der Waals surface area contributed by atoms with Crippen LogP contribution in [0.15, 0.2) is 29.2 Å². The van der Waals surface area contributed by atoms with Crippen LogP contribution in [0.3, 0.4) is 0 Å². The van der Waals surface area contributed by atoms with Gasteiger partial charge in [0.05, 0.1) is 4.90 Å². The number of anilines is 1. The van der Waals surface area contributed by atoms with Gasteiger partial charge in [0, 0.05) is 24.8 Å². The second kappa shape index (κ2) is 7.74. The third-order valence-electron chi connectivity index (χ3n) is 5.04. The Bertz CT molecular complexity index is 697. The molecule has 1 aromatic rings. The molecule has 1 heterocycles. The maximum Gasteiger partial charge on any atom is 0.321 e. The van der Waals surface area contributed by atoms with Crippen molar-refractivity contribution >= 4 is 21.7 Å². The second-order valence-electron chi connectivity index (χ2n) is 7.25. The molecule has 3 rings (SSSR count). The van der Waals surface area contributed by atoms with Crippen LogP contribution in [0.5, 0.6) is 0 Å². The van der Waals surface area contributed by atoms with Crippen LogP contribution in [0.4, 0.5) is 10.5 Å². The highest BCUT2D eigenvalue weighted by atomic mass is 32.2. The van der Waals surface area contributed by atoms with E-state index in [1.54, 1.807) is 24.3 Å². The average Bonchev–Trinajstić information content (AvgIpc) is 3.07. The van der Waals surface area contributed by atoms with Crippen molar-refractivity contribution in [2.75, 3.05) is 18.4 Å². The lowest BCUT2D eigenvalue weighted by atomic mass is 10.0. The fourth-order valence-electron chi connectivity index (χ4n) is 3.62. The Morgan fingerprint density at radius 3 is 2.40 bits per heavy atom. The van der Waals surface area contributed by atoms with Gasteiger partial charge < -0.3 is 10.2 Å². The summed E-state index contributed by atoms with van der Waals surface area (Å²) in [6.07, 6.45) is 6.15. The van der Waals surface area contributed by atoms with Gasteiger partial charge >= 0.3 is 6.03 Å². The van der Waals surface area contributed by atoms with Gasteiger partial charge in [0.15, 0.2) is 0 Å². The van der Waals surface area contributed by atoms with Gasteiger partial charge in [0.2, 0.25) is 10.0 Å². The van der Waals surface area contributed by atoms with Crippen molar-refractivity contribution in [2.24, 2.45) is 5.92 Å². The SMILES string of the molecule is CC1CCCN(C(=O)Nc2ccc(S(=O)(=O)NC3CCCC3)cc2)C1. The van der Waals surface area contributed by atoms with Crippen molar-refractivity contribution in [3.05, 3.63) is 24.3 Å². The summed E-state index contributed by atoms with van der Waals surface area (Å²) in [5, 5.41) is 2.86. The van der Waals surface area contributed by atoms with Crippen molar-refractivity contribution < 1.29 is 13.2 Å². The van der Waals surface area contributed by atoms with Gasteiger partial charge in [-0.1, -0.05) is 19.8 Å². The van der Waals surface area contributed by atoms with Gasteiger partial charge in [-0.25, -0.2) is 17.9 Å². The monoisotopic (exact) mass is 365 g/mol. The van der Waals surface area contributed by atoms with Crippen molar-refractivity contribution in [3.63, 3.8) is 0 Å². The summed E-state index contributed by atoms with van der Waals surface area (Å²) in [5.74, 6) is 0.522. The molecule has 0 radical (unpaired) electrons. The number of rotatable bonds is 4. The first-order chi connectivity index (χ1) is 11.9. The molecular weight excluding hydrogens is 338 g/mol. The summed E-state index contributed by atoms with van der Waals surface area (Å²) in [5.41, 5.74) is 0.614. The van der Waals surface area contributed by atoms with Crippen LogP contribution < -0.4 is 10.0 Å². The average molecular weight is 365 g/mol. The van der Waals surface area contributed by atoms with Gasteiger partial charge in [-0.3, -0.25) is 0 Å². The lowest BCUT2D eigenvalue weighted by Crippen LogP contribution is -2.41. The molecule has 0 bridgehead atoms. The number of hydrogen-bond donors (Lipinski definition) is 2. The molecule has 1 saturated carbocycles. The number of carbonyl (C=O) groups is 1. The molecule has 25 heavy (non-hydrogen) atoms. The molecule has 138 valence electrons. The number of likely N-dealkylation sites (tertiary alicyclic amines) is 1. The number of carbonyl (C=O) groups excluding carboxylic acids is 1. The highest BCUT2D eigenvalue weighted by Crippen LogP contribution is 2.22. The number of sulfonamides is 1. The Kier molecular flexibility index (Phi) is 5.64. The molecule has 1 unspecified atom stereocenters. The van der Waals surface area contributed by atoms with Crippen molar-refractivity contribution in [1.82, 2.24) is 9.62 Å². The summed E-state index contributed by atoms with van der Waals surface area (Å²) in [6.45, 7) is 3.69. The number of nitrogens with zero attached hydrogens (tertiary/aromatic N) is 1. The summed E-state index contributed by atoms with van der Waals surface area (Å²) < 4.78 is 27.6. The van der Waals surface area contributed by atoms with Crippen LogP contribution in [-0.2, 0) is 10.0 Å². The molecule has 1 aliphatic heterocycles. The zero-order chi connectivity index (χ0) is 17.9. The summed E-state index contributed by atoms with van der Waals surface area (Å²) >= 11 is 0. The Hall–Kier alpha value is -1.60. The fraction of sp³-hybridized carbons (Fsp3) is 0.611. The summed E-state index contributed by atoms with van der Waals surface area (Å²) in [7, 11) is -3.49. The predicted molar refractivity (Wildman–Crippen MR) is 98.0 cm³/mol. The van der Waals surface area contributed by atoms with Gasteiger partial charge in [-0.2, -0.15) is 0 Å². The molecule has 1 saturated heterocycles. The van der Waals surface area contributed by atoms with Crippen LogP contribution >= 0.6 is 0 Å². The van der Waals surface area contributed by atoms with Crippen LogP contribution in [-0.4, -0.2) is 38.5 Å². The van der Waals surface area contributed by atoms with E-state index in [1.165, 1.54) is 0 Å². The Morgan fingerprint density at radius 2 is 1.76 bits per heavy atom. The molecular formula is C18H27N3O3S. The van der Waals surface area contributed by atoms with Gasteiger partial charge in [-0.05, 0) is 55.9 Å². The van der Waals surface area contributed by atoms with E-state index in [4.69, 9.17) is 0 Å². The molecule has 0 aromatic heterocycles. The highest BCUT2D eigenvalue weighted by Gasteiger charge is 2.23. The summed E-state index contributed by atoms with van der Waals surface area (Å²) in [4.78, 5) is 14.4. The molecule has 0 spiro atoms. The minimum absolute atomic E-state index is 0.0467. The van der Waals surface area contributed by atoms with Crippen LogP contribution in [0.1, 0.15) is 45.4 Å². The van der Waals surface area contributed by atoms with Crippen molar-refractivity contribution in [1.29, 1.82) is 0 Å². The number of amides is 2. The zero-order valence-electron chi connectivity index (χ0n) is 14.7. The van der Waals surface area contributed by atoms with Gasteiger partial charge in [0.25, 0.3) is 0 Å². The van der Waals surface area contributed by atoms with E-state index in [9.17, 15) is 13.2 Å². The predicted octanol–water partition coefficient (Wildman–Crippen LogP) is 3.17. The number of hydrogen-bond acceptors (Lipinski definition) is 3. The third kappa shape index (κ3) is 4.73. The largest absolute Gasteiger partial charge is 0.324 e. The molecule has 2 N–H and O–H groups in total. The minimum atomic E-state index is -3.49. The number of piperidine rings is 1. The van der Waals surface area contributed by atoms with E-state index in [0.29, 0.717) is 11.6 Å². The summed E-state index contributed by atoms with van der Waals surface area (Å²) in [6, 6.07) is 6.32. The Morgan fingerprint density at radius 1 is 1.08 bits per heavy atom. The molecule has 2 fully saturated rings. The van der Waals surface area contributed by atoms with Crippen LogP contribution in [0, 0.1) is 5.92 Å². The number of urea groups is 1. The van der Waals surface area contributed by atoms with E-state index in [0.717, 1.165) is 51.6 Å². The standard InChI is InChI=1S/C18H27N3O3S/c1-14-5-4-12-21(13-14)18(22)19-15-8-10-17(11-9-15)25(23,24)20-16-6-2-3-7-16/h8-11,14,16,20H,2-7,12-13H2,1H3,(H,19,22). The molecule has 1 aromatic carbocycles. The lowest BCUT2D eigenvalue weighted by molar-refractivity contribution is 0.182. The normalized spacial score (nSPS) is 22.1. The van der Waals surface area contributed by atoms with Crippen molar-refractivity contribution in [3.8, 4) is 0 Å². The van der Waals surface area contributed by atoms with E-state index < -0.39 is 10.0 Å². The minimum Gasteiger partial charge on any atom is -0.324 e. The van der Waals surface area contributed by atoms with E-state index in [2.05, 4.69) is 17.0 Å². The molecule has 7 heteroatoms. The third-order valence-corrected chi connectivity index (χ3v) is 6.57. The maximum absolute atomic E-state index is 12.4. The molecule has 6 nitrogen and oxygen atoms in total. The van der Waals surface area contributed by atoms with Gasteiger partial charge in [-0.15, -0.1) is 0 Å². The first kappa shape index (κ1) is 18.2. The second-order valence-corrected chi connectivity index (χ2v) is 8.96. The molecule has 2 aliphatic rings. The number of nitrogens with one attached hydrogen (secondary N) is 2. The van der Waals surface area contributed by atoms with E-state index in [-0.39, 0.29) is 17.0 Å². The van der Waals surface area contributed by atoms with Gasteiger partial charge in [0.1, 0.15) is 0 Å². The Labute approximate surface area is 150 Å². The van der Waals surface area contributed by atoms with Crippen LogP contribution in [0.25, 0.3) is 0 Å². The highest BCUT2D eigenvalue weighted by molar-refractivity contribution is 7.89. The topological polar surface area (TPSA) is 78.5 Å². The first-order valence-electron chi connectivity index (χ1n) is 9.12. The fourth-order valence-corrected chi connectivity index (χ4v) is 4.93. The quantitative estimate of drug-likeness (QED) is 0.860. The smallest absolute Gasteiger partial charge is 0.321 e. The molecule has 1 atom stereocenters. The lowest BCUT2D eigenvalue weighted by Gasteiger charge is -2.30. The van der Waals surface area contributed by atoms with Crippen molar-refractivity contribution in [2.45, 2.75) is 56.4 Å². The first-order valence-corrected chi connectivity index (χ1v) is 10.6. The molecule has 2 amide bonds. The number of benzene rings is 1. The molecule has 1 aliphatic carbocycles. The van der Waals surface area contributed by atoms with E-state index >= 15 is 0 Å². The Balaban J connectivity index is 1.60. The zero-order valence-corrected chi connectivity index (χ0v) is 15.5. The maximum atomic E-state index is 12.4. The van der Waals surface area contributed by atoms with E-state index in [1.807, 2.05) is 4.90 Å².